The van der Waals surface area contributed by atoms with E-state index >= 15 is 0 Å². The second-order valence-corrected chi connectivity index (χ2v) is 4.84. The molecule has 0 amide bonds. The molecule has 2 atom stereocenters. The molecule has 1 N–H and O–H groups in total. The number of aromatic nitrogens is 1. The first-order valence-corrected chi connectivity index (χ1v) is 6.15. The van der Waals surface area contributed by atoms with Crippen molar-refractivity contribution in [3.63, 3.8) is 0 Å². The second kappa shape index (κ2) is 4.09. The minimum Gasteiger partial charge on any atom is -0.483 e. The average molecular weight is 251 g/mol. The zero-order valence-corrected chi connectivity index (χ0v) is 9.65. The molecule has 3 nitrogen and oxygen atoms in total. The maximum absolute atomic E-state index is 13.1. The number of aliphatic hydroxyl groups excluding tert-OH is 1. The molecule has 0 bridgehead atoms. The van der Waals surface area contributed by atoms with E-state index in [0.29, 0.717) is 17.7 Å². The van der Waals surface area contributed by atoms with Crippen LogP contribution in [-0.4, -0.2) is 10.1 Å². The molecule has 5 heteroatoms. The Labute approximate surface area is 102 Å². The lowest BCUT2D eigenvalue weighted by atomic mass is 9.99. The molecule has 0 fully saturated rings. The molecule has 0 saturated carbocycles. The lowest BCUT2D eigenvalue weighted by Crippen LogP contribution is -2.19. The minimum absolute atomic E-state index is 0.292. The van der Waals surface area contributed by atoms with E-state index in [-0.39, 0.29) is 11.9 Å². The van der Waals surface area contributed by atoms with Gasteiger partial charge in [-0.3, -0.25) is 0 Å². The van der Waals surface area contributed by atoms with Crippen LogP contribution in [0, 0.1) is 5.82 Å². The smallest absolute Gasteiger partial charge is 0.153 e. The van der Waals surface area contributed by atoms with Gasteiger partial charge in [0.05, 0.1) is 6.10 Å². The van der Waals surface area contributed by atoms with Crippen molar-refractivity contribution >= 4 is 11.3 Å². The van der Waals surface area contributed by atoms with Crippen LogP contribution in [0.5, 0.6) is 5.75 Å². The Kier molecular flexibility index (Phi) is 2.57. The number of hydrogen-bond acceptors (Lipinski definition) is 4. The molecule has 1 aromatic carbocycles. The molecule has 1 aromatic heterocycles. The number of fused-ring (bicyclic) bond motifs is 1. The first-order valence-electron chi connectivity index (χ1n) is 5.27. The van der Waals surface area contributed by atoms with Crippen LogP contribution in [0.15, 0.2) is 29.8 Å². The average Bonchev–Trinajstić information content (AvgIpc) is 2.81. The Morgan fingerprint density at radius 1 is 1.47 bits per heavy atom. The molecule has 88 valence electrons. The molecule has 1 aliphatic rings. The van der Waals surface area contributed by atoms with Gasteiger partial charge in [0, 0.05) is 29.6 Å². The zero-order valence-electron chi connectivity index (χ0n) is 8.84. The second-order valence-electron chi connectivity index (χ2n) is 3.91. The molecule has 17 heavy (non-hydrogen) atoms. The van der Waals surface area contributed by atoms with Crippen LogP contribution < -0.4 is 4.74 Å². The molecule has 0 aliphatic carbocycles. The van der Waals surface area contributed by atoms with Gasteiger partial charge in [0.1, 0.15) is 16.6 Å². The van der Waals surface area contributed by atoms with E-state index < -0.39 is 6.10 Å². The van der Waals surface area contributed by atoms with Gasteiger partial charge in [-0.25, -0.2) is 9.37 Å². The summed E-state index contributed by atoms with van der Waals surface area (Å²) in [6.45, 7) is 0. The van der Waals surface area contributed by atoms with Crippen LogP contribution >= 0.6 is 11.3 Å². The highest BCUT2D eigenvalue weighted by Gasteiger charge is 2.29. The Morgan fingerprint density at radius 2 is 2.35 bits per heavy atom. The predicted octanol–water partition coefficient (Wildman–Crippen LogP) is 2.84. The van der Waals surface area contributed by atoms with Crippen molar-refractivity contribution in [2.24, 2.45) is 0 Å². The highest BCUT2D eigenvalue weighted by molar-refractivity contribution is 7.09. The van der Waals surface area contributed by atoms with Crippen molar-refractivity contribution < 1.29 is 14.2 Å². The number of halogens is 1. The molecule has 0 radical (unpaired) electrons. The van der Waals surface area contributed by atoms with E-state index in [1.807, 2.05) is 5.38 Å². The topological polar surface area (TPSA) is 42.4 Å². The fourth-order valence-electron chi connectivity index (χ4n) is 1.96. The maximum atomic E-state index is 13.1. The summed E-state index contributed by atoms with van der Waals surface area (Å²) in [5.41, 5.74) is 0.638. The quantitative estimate of drug-likeness (QED) is 0.847. The standard InChI is InChI=1S/C12H10FNO2S/c13-7-1-2-8-9(15)6-11(16-10(8)5-7)12-14-3-4-17-12/h1-5,9,11,15H,6H2/t9-,11?/m1/s1. The summed E-state index contributed by atoms with van der Waals surface area (Å²) in [7, 11) is 0. The van der Waals surface area contributed by atoms with E-state index in [1.165, 1.54) is 23.5 Å². The lowest BCUT2D eigenvalue weighted by Gasteiger charge is -2.28. The summed E-state index contributed by atoms with van der Waals surface area (Å²) >= 11 is 1.47. The summed E-state index contributed by atoms with van der Waals surface area (Å²) in [4.78, 5) is 4.16. The van der Waals surface area contributed by atoms with Gasteiger partial charge in [0.25, 0.3) is 0 Å². The molecule has 1 unspecified atom stereocenters. The number of rotatable bonds is 1. The molecule has 0 spiro atoms. The Hall–Kier alpha value is -1.46. The van der Waals surface area contributed by atoms with Gasteiger partial charge in [-0.1, -0.05) is 0 Å². The van der Waals surface area contributed by atoms with Crippen LogP contribution in [0.1, 0.15) is 29.2 Å². The van der Waals surface area contributed by atoms with Crippen molar-refractivity contribution in [2.75, 3.05) is 0 Å². The molecule has 2 aromatic rings. The molecule has 3 rings (SSSR count). The van der Waals surface area contributed by atoms with E-state index in [4.69, 9.17) is 4.74 Å². The van der Waals surface area contributed by atoms with Crippen LogP contribution in [-0.2, 0) is 0 Å². The predicted molar refractivity (Wildman–Crippen MR) is 61.5 cm³/mol. The minimum atomic E-state index is -0.631. The number of ether oxygens (including phenoxy) is 1. The van der Waals surface area contributed by atoms with E-state index in [1.54, 1.807) is 12.3 Å². The largest absolute Gasteiger partial charge is 0.483 e. The van der Waals surface area contributed by atoms with Gasteiger partial charge < -0.3 is 9.84 Å². The Balaban J connectivity index is 1.97. The van der Waals surface area contributed by atoms with Gasteiger partial charge in [-0.05, 0) is 12.1 Å². The summed E-state index contributed by atoms with van der Waals surface area (Å²) in [5, 5.41) is 12.7. The van der Waals surface area contributed by atoms with Crippen molar-refractivity contribution in [2.45, 2.75) is 18.6 Å². The van der Waals surface area contributed by atoms with Crippen LogP contribution in [0.25, 0.3) is 0 Å². The van der Waals surface area contributed by atoms with Crippen molar-refractivity contribution in [3.05, 3.63) is 46.2 Å². The SMILES string of the molecule is O[C@@H]1CC(c2nccs2)Oc2cc(F)ccc21. The number of nitrogens with zero attached hydrogens (tertiary/aromatic N) is 1. The molecule has 2 heterocycles. The highest BCUT2D eigenvalue weighted by atomic mass is 32.1. The third-order valence-corrected chi connectivity index (χ3v) is 3.64. The number of thiazole rings is 1. The van der Waals surface area contributed by atoms with Gasteiger partial charge in [-0.2, -0.15) is 0 Å². The Bertz CT molecular complexity index is 529. The monoisotopic (exact) mass is 251 g/mol. The fourth-order valence-corrected chi connectivity index (χ4v) is 2.64. The highest BCUT2D eigenvalue weighted by Crippen LogP contribution is 2.41. The summed E-state index contributed by atoms with van der Waals surface area (Å²) in [6.07, 6.45) is 1.22. The molecular weight excluding hydrogens is 241 g/mol. The van der Waals surface area contributed by atoms with E-state index in [2.05, 4.69) is 4.98 Å². The van der Waals surface area contributed by atoms with Crippen LogP contribution in [0.4, 0.5) is 4.39 Å². The first kappa shape index (κ1) is 10.7. The third kappa shape index (κ3) is 1.92. The molecule has 0 saturated heterocycles. The normalized spacial score (nSPS) is 22.9. The van der Waals surface area contributed by atoms with Gasteiger partial charge in [-0.15, -0.1) is 11.3 Å². The van der Waals surface area contributed by atoms with Crippen LogP contribution in [0.2, 0.25) is 0 Å². The maximum Gasteiger partial charge on any atom is 0.153 e. The summed E-state index contributed by atoms with van der Waals surface area (Å²) in [5.74, 6) is 0.0414. The van der Waals surface area contributed by atoms with Crippen LogP contribution in [0.3, 0.4) is 0 Å². The lowest BCUT2D eigenvalue weighted by molar-refractivity contribution is 0.0652. The Morgan fingerprint density at radius 3 is 3.12 bits per heavy atom. The van der Waals surface area contributed by atoms with E-state index in [9.17, 15) is 9.50 Å². The summed E-state index contributed by atoms with van der Waals surface area (Å²) in [6, 6.07) is 4.20. The van der Waals surface area contributed by atoms with Gasteiger partial charge in [0.15, 0.2) is 6.10 Å². The first-order chi connectivity index (χ1) is 8.24. The van der Waals surface area contributed by atoms with Crippen molar-refractivity contribution in [1.82, 2.24) is 4.98 Å². The number of aliphatic hydroxyl groups is 1. The molecule has 1 aliphatic heterocycles. The van der Waals surface area contributed by atoms with Crippen molar-refractivity contribution in [3.8, 4) is 5.75 Å². The number of hydrogen-bond donors (Lipinski definition) is 1. The number of benzene rings is 1. The van der Waals surface area contributed by atoms with Crippen molar-refractivity contribution in [1.29, 1.82) is 0 Å². The van der Waals surface area contributed by atoms with E-state index in [0.717, 1.165) is 5.01 Å². The molecular formula is C12H10FNO2S. The third-order valence-electron chi connectivity index (χ3n) is 2.77. The van der Waals surface area contributed by atoms with Gasteiger partial charge >= 0.3 is 0 Å². The zero-order chi connectivity index (χ0) is 11.8. The van der Waals surface area contributed by atoms with Gasteiger partial charge in [0.2, 0.25) is 0 Å². The summed E-state index contributed by atoms with van der Waals surface area (Å²) < 4.78 is 18.8. The fraction of sp³-hybridized carbons (Fsp3) is 0.250.